The molecule has 0 unspecified atom stereocenters. The van der Waals surface area contributed by atoms with Crippen LogP contribution < -0.4 is 21.1 Å². The van der Waals surface area contributed by atoms with Crippen LogP contribution in [0.3, 0.4) is 0 Å². The van der Waals surface area contributed by atoms with Crippen LogP contribution in [0.25, 0.3) is 0 Å². The predicted octanol–water partition coefficient (Wildman–Crippen LogP) is 1.28. The van der Waals surface area contributed by atoms with E-state index in [4.69, 9.17) is 0 Å². The third-order valence-electron chi connectivity index (χ3n) is 3.73. The smallest absolute Gasteiger partial charge is 0.253 e. The maximum Gasteiger partial charge on any atom is 0.253 e. The molecule has 2 aromatic rings. The summed E-state index contributed by atoms with van der Waals surface area (Å²) < 4.78 is 0. The molecule has 0 aliphatic carbocycles. The first-order valence-corrected chi connectivity index (χ1v) is 6.99. The molecule has 1 aromatic carbocycles. The van der Waals surface area contributed by atoms with E-state index in [2.05, 4.69) is 10.3 Å². The molecule has 1 saturated heterocycles. The van der Waals surface area contributed by atoms with Gasteiger partial charge < -0.3 is 10.2 Å². The minimum atomic E-state index is -0.401. The molecule has 1 aliphatic heterocycles. The summed E-state index contributed by atoms with van der Waals surface area (Å²) in [4.78, 5) is 29.7. The number of pyridine rings is 1. The van der Waals surface area contributed by atoms with Gasteiger partial charge in [0, 0.05) is 19.3 Å². The topological polar surface area (TPSA) is 62.3 Å². The Bertz CT molecular complexity index is 653. The van der Waals surface area contributed by atoms with Crippen molar-refractivity contribution in [1.29, 1.82) is 0 Å². The van der Waals surface area contributed by atoms with Gasteiger partial charge in [-0.3, -0.25) is 14.6 Å². The summed E-state index contributed by atoms with van der Waals surface area (Å²) in [6, 6.07) is 5.64. The Morgan fingerprint density at radius 2 is 1.90 bits per heavy atom. The molecule has 0 radical (unpaired) electrons. The maximum absolute atomic E-state index is 11.8. The van der Waals surface area contributed by atoms with Crippen LogP contribution in [0.1, 0.15) is 25.0 Å². The lowest BCUT2D eigenvalue weighted by molar-refractivity contribution is 0.576. The highest BCUT2D eigenvalue weighted by molar-refractivity contribution is 5.75. The fraction of sp³-hybridized carbons (Fsp3) is 0.400. The number of anilines is 2. The van der Waals surface area contributed by atoms with Gasteiger partial charge in [0.15, 0.2) is 0 Å². The van der Waals surface area contributed by atoms with E-state index in [0.29, 0.717) is 17.9 Å². The van der Waals surface area contributed by atoms with Crippen LogP contribution in [0, 0.1) is 0 Å². The molecule has 1 aromatic heterocycles. The molecule has 3 rings (SSSR count). The molecule has 0 bridgehead atoms. The van der Waals surface area contributed by atoms with Crippen LogP contribution in [-0.4, -0.2) is 18.1 Å². The van der Waals surface area contributed by atoms with E-state index in [1.807, 2.05) is 23.1 Å². The summed E-state index contributed by atoms with van der Waals surface area (Å²) in [7, 11) is 0. The first-order valence-electron chi connectivity index (χ1n) is 6.99. The first-order chi connectivity index (χ1) is 9.77. The lowest BCUT2D eigenvalue weighted by Crippen LogP contribution is -2.44. The van der Waals surface area contributed by atoms with Crippen molar-refractivity contribution in [2.75, 3.05) is 23.3 Å². The second-order valence-corrected chi connectivity index (χ2v) is 5.10. The van der Waals surface area contributed by atoms with Crippen LogP contribution in [0.4, 0.5) is 11.4 Å². The van der Waals surface area contributed by atoms with E-state index in [1.54, 1.807) is 6.20 Å². The van der Waals surface area contributed by atoms with Gasteiger partial charge in [-0.2, -0.15) is 0 Å². The zero-order valence-electron chi connectivity index (χ0n) is 11.3. The number of rotatable bonds is 4. The summed E-state index contributed by atoms with van der Waals surface area (Å²) in [6.07, 6.45) is 5.07. The SMILES string of the molecule is O=c1c(NCc2ccccn2)c(N2CCCCC2)c1=O. The molecule has 20 heavy (non-hydrogen) atoms. The lowest BCUT2D eigenvalue weighted by atomic mass is 10.1. The average Bonchev–Trinajstić information content (AvgIpc) is 2.52. The normalized spacial score (nSPS) is 15.5. The van der Waals surface area contributed by atoms with Crippen LogP contribution in [0.2, 0.25) is 0 Å². The summed E-state index contributed by atoms with van der Waals surface area (Å²) >= 11 is 0. The average molecular weight is 271 g/mol. The van der Waals surface area contributed by atoms with Gasteiger partial charge in [-0.15, -0.1) is 0 Å². The summed E-state index contributed by atoms with van der Waals surface area (Å²) in [6.45, 7) is 2.19. The molecule has 0 amide bonds. The van der Waals surface area contributed by atoms with Crippen LogP contribution >= 0.6 is 0 Å². The standard InChI is InChI=1S/C15H17N3O2/c19-14-12(17-10-11-6-2-3-7-16-11)13(15(14)20)18-8-4-1-5-9-18/h2-3,6-7,17H,1,4-5,8-10H2. The maximum atomic E-state index is 11.8. The number of aromatic nitrogens is 1. The van der Waals surface area contributed by atoms with Crippen molar-refractivity contribution >= 4 is 11.4 Å². The highest BCUT2D eigenvalue weighted by atomic mass is 16.2. The molecule has 1 N–H and O–H groups in total. The summed E-state index contributed by atoms with van der Waals surface area (Å²) in [5, 5.41) is 3.07. The summed E-state index contributed by atoms with van der Waals surface area (Å²) in [5.74, 6) is 0. The molecular weight excluding hydrogens is 254 g/mol. The number of nitrogens with one attached hydrogen (secondary N) is 1. The molecule has 2 heterocycles. The van der Waals surface area contributed by atoms with Gasteiger partial charge in [0.2, 0.25) is 0 Å². The van der Waals surface area contributed by atoms with Crippen LogP contribution in [-0.2, 0) is 6.54 Å². The highest BCUT2D eigenvalue weighted by Crippen LogP contribution is 2.24. The Kier molecular flexibility index (Phi) is 3.50. The molecule has 1 aliphatic rings. The monoisotopic (exact) mass is 271 g/mol. The van der Waals surface area contributed by atoms with E-state index in [9.17, 15) is 9.59 Å². The largest absolute Gasteiger partial charge is 0.374 e. The van der Waals surface area contributed by atoms with Crippen molar-refractivity contribution in [3.05, 3.63) is 50.5 Å². The van der Waals surface area contributed by atoms with Crippen LogP contribution in [0.15, 0.2) is 34.0 Å². The van der Waals surface area contributed by atoms with E-state index in [1.165, 1.54) is 6.42 Å². The van der Waals surface area contributed by atoms with E-state index in [-0.39, 0.29) is 5.43 Å². The Balaban J connectivity index is 1.75. The van der Waals surface area contributed by atoms with Gasteiger partial charge in [-0.25, -0.2) is 0 Å². The number of piperidine rings is 1. The Hall–Kier alpha value is -2.17. The molecule has 104 valence electrons. The van der Waals surface area contributed by atoms with Crippen LogP contribution in [0.5, 0.6) is 0 Å². The molecule has 5 heteroatoms. The zero-order chi connectivity index (χ0) is 13.9. The van der Waals surface area contributed by atoms with Gasteiger partial charge in [-0.05, 0) is 31.4 Å². The van der Waals surface area contributed by atoms with Crippen molar-refractivity contribution in [1.82, 2.24) is 4.98 Å². The third kappa shape index (κ3) is 2.31. The summed E-state index contributed by atoms with van der Waals surface area (Å²) in [5.41, 5.74) is 1.13. The van der Waals surface area contributed by atoms with Crippen molar-refractivity contribution in [2.24, 2.45) is 0 Å². The minimum Gasteiger partial charge on any atom is -0.374 e. The van der Waals surface area contributed by atoms with Crippen molar-refractivity contribution < 1.29 is 0 Å². The third-order valence-corrected chi connectivity index (χ3v) is 3.73. The molecule has 5 nitrogen and oxygen atoms in total. The molecule has 0 spiro atoms. The Morgan fingerprint density at radius 3 is 2.60 bits per heavy atom. The van der Waals surface area contributed by atoms with Gasteiger partial charge >= 0.3 is 0 Å². The number of nitrogens with zero attached hydrogens (tertiary/aromatic N) is 2. The quantitative estimate of drug-likeness (QED) is 0.849. The second kappa shape index (κ2) is 5.45. The fourth-order valence-corrected chi connectivity index (χ4v) is 2.64. The van der Waals surface area contributed by atoms with E-state index < -0.39 is 5.43 Å². The highest BCUT2D eigenvalue weighted by Gasteiger charge is 2.26. The van der Waals surface area contributed by atoms with Gasteiger partial charge in [0.25, 0.3) is 10.9 Å². The van der Waals surface area contributed by atoms with Gasteiger partial charge in [0.1, 0.15) is 11.4 Å². The van der Waals surface area contributed by atoms with Crippen molar-refractivity contribution in [3.8, 4) is 0 Å². The molecular formula is C15H17N3O2. The second-order valence-electron chi connectivity index (χ2n) is 5.10. The predicted molar refractivity (Wildman–Crippen MR) is 79.0 cm³/mol. The zero-order valence-corrected chi connectivity index (χ0v) is 11.3. The molecule has 1 fully saturated rings. The van der Waals surface area contributed by atoms with Crippen molar-refractivity contribution in [3.63, 3.8) is 0 Å². The van der Waals surface area contributed by atoms with E-state index in [0.717, 1.165) is 31.6 Å². The number of hydrogen-bond acceptors (Lipinski definition) is 5. The fourth-order valence-electron chi connectivity index (χ4n) is 2.64. The lowest BCUT2D eigenvalue weighted by Gasteiger charge is -2.30. The Labute approximate surface area is 117 Å². The first kappa shape index (κ1) is 12.8. The van der Waals surface area contributed by atoms with E-state index >= 15 is 0 Å². The van der Waals surface area contributed by atoms with Crippen molar-refractivity contribution in [2.45, 2.75) is 25.8 Å². The molecule has 0 saturated carbocycles. The minimum absolute atomic E-state index is 0.351. The molecule has 0 atom stereocenters. The number of hydrogen-bond donors (Lipinski definition) is 1. The Morgan fingerprint density at radius 1 is 1.10 bits per heavy atom. The van der Waals surface area contributed by atoms with Gasteiger partial charge in [-0.1, -0.05) is 6.07 Å². The van der Waals surface area contributed by atoms with Gasteiger partial charge in [0.05, 0.1) is 12.2 Å².